The molecule has 0 saturated carbocycles. The van der Waals surface area contributed by atoms with Gasteiger partial charge in [0.2, 0.25) is 0 Å². The number of rotatable bonds is 5. The molecule has 17 heavy (non-hydrogen) atoms. The van der Waals surface area contributed by atoms with E-state index in [1.165, 1.54) is 12.1 Å². The van der Waals surface area contributed by atoms with Gasteiger partial charge >= 0.3 is 5.97 Å². The minimum Gasteiger partial charge on any atom is -0.492 e. The number of halogens is 1. The van der Waals surface area contributed by atoms with Gasteiger partial charge in [0.05, 0.1) is 5.75 Å². The third-order valence-electron chi connectivity index (χ3n) is 1.90. The minimum atomic E-state index is -3.20. The molecule has 1 aromatic carbocycles. The van der Waals surface area contributed by atoms with Crippen molar-refractivity contribution in [2.24, 2.45) is 0 Å². The second-order valence-corrected chi connectivity index (χ2v) is 5.66. The van der Waals surface area contributed by atoms with E-state index in [1.807, 2.05) is 0 Å². The van der Waals surface area contributed by atoms with E-state index in [0.29, 0.717) is 0 Å². The zero-order chi connectivity index (χ0) is 13.1. The number of sulfone groups is 1. The van der Waals surface area contributed by atoms with Crippen LogP contribution in [0.5, 0.6) is 5.75 Å². The summed E-state index contributed by atoms with van der Waals surface area (Å²) in [5.41, 5.74) is -0.596. The highest BCUT2D eigenvalue weighted by atomic mass is 32.2. The van der Waals surface area contributed by atoms with Crippen LogP contribution in [0.25, 0.3) is 0 Å². The molecule has 5 nitrogen and oxygen atoms in total. The van der Waals surface area contributed by atoms with Gasteiger partial charge in [0.15, 0.2) is 9.84 Å². The predicted molar refractivity (Wildman–Crippen MR) is 58.6 cm³/mol. The van der Waals surface area contributed by atoms with Crippen molar-refractivity contribution >= 4 is 15.8 Å². The monoisotopic (exact) mass is 262 g/mol. The Balaban J connectivity index is 2.85. The van der Waals surface area contributed by atoms with Gasteiger partial charge in [0, 0.05) is 6.26 Å². The van der Waals surface area contributed by atoms with E-state index in [-0.39, 0.29) is 18.1 Å². The van der Waals surface area contributed by atoms with Gasteiger partial charge in [-0.05, 0) is 12.1 Å². The molecule has 0 atom stereocenters. The molecule has 0 unspecified atom stereocenters. The average Bonchev–Trinajstić information content (AvgIpc) is 2.14. The van der Waals surface area contributed by atoms with E-state index in [0.717, 1.165) is 12.3 Å². The summed E-state index contributed by atoms with van der Waals surface area (Å²) < 4.78 is 39.8. The maximum absolute atomic E-state index is 13.2. The second-order valence-electron chi connectivity index (χ2n) is 3.40. The van der Waals surface area contributed by atoms with Gasteiger partial charge in [-0.15, -0.1) is 0 Å². The number of carboxylic acids is 1. The molecule has 1 rings (SSSR count). The maximum Gasteiger partial charge on any atom is 0.342 e. The van der Waals surface area contributed by atoms with Crippen LogP contribution in [0.4, 0.5) is 4.39 Å². The van der Waals surface area contributed by atoms with E-state index >= 15 is 0 Å². The molecule has 94 valence electrons. The van der Waals surface area contributed by atoms with Crippen molar-refractivity contribution in [2.75, 3.05) is 18.6 Å². The fraction of sp³-hybridized carbons (Fsp3) is 0.300. The molecule has 0 saturated heterocycles. The number of aromatic carboxylic acids is 1. The molecule has 0 spiro atoms. The third kappa shape index (κ3) is 4.03. The quantitative estimate of drug-likeness (QED) is 0.854. The van der Waals surface area contributed by atoms with Gasteiger partial charge < -0.3 is 9.84 Å². The Bertz CT molecular complexity index is 523. The first-order valence-corrected chi connectivity index (χ1v) is 6.69. The number of ether oxygens (including phenoxy) is 1. The molecule has 0 bridgehead atoms. The summed E-state index contributed by atoms with van der Waals surface area (Å²) in [4.78, 5) is 10.8. The standard InChI is InChI=1S/C10H11FO5S/c1-17(14,15)6-5-16-8-4-2-3-7(11)9(8)10(12)13/h2-4H,5-6H2,1H3,(H,12,13). The van der Waals surface area contributed by atoms with Crippen molar-refractivity contribution in [1.29, 1.82) is 0 Å². The SMILES string of the molecule is CS(=O)(=O)CCOc1cccc(F)c1C(=O)O. The minimum absolute atomic E-state index is 0.179. The van der Waals surface area contributed by atoms with Crippen LogP contribution in [-0.4, -0.2) is 38.1 Å². The van der Waals surface area contributed by atoms with Crippen molar-refractivity contribution < 1.29 is 27.4 Å². The van der Waals surface area contributed by atoms with Crippen LogP contribution in [0, 0.1) is 5.82 Å². The zero-order valence-electron chi connectivity index (χ0n) is 9.01. The summed E-state index contributed by atoms with van der Waals surface area (Å²) in [6.45, 7) is -0.220. The molecule has 0 aliphatic heterocycles. The number of carboxylic acid groups (broad SMARTS) is 1. The topological polar surface area (TPSA) is 80.7 Å². The first kappa shape index (κ1) is 13.4. The Hall–Kier alpha value is -1.63. The number of hydrogen-bond donors (Lipinski definition) is 1. The summed E-state index contributed by atoms with van der Waals surface area (Å²) in [6.07, 6.45) is 1.03. The molecular weight excluding hydrogens is 251 g/mol. The highest BCUT2D eigenvalue weighted by Gasteiger charge is 2.17. The van der Waals surface area contributed by atoms with E-state index in [4.69, 9.17) is 9.84 Å². The molecule has 0 amide bonds. The zero-order valence-corrected chi connectivity index (χ0v) is 9.83. The smallest absolute Gasteiger partial charge is 0.342 e. The normalized spacial score (nSPS) is 11.2. The van der Waals surface area contributed by atoms with Crippen LogP contribution in [0.15, 0.2) is 18.2 Å². The van der Waals surface area contributed by atoms with Gasteiger partial charge in [-0.2, -0.15) is 0 Å². The average molecular weight is 262 g/mol. The Kier molecular flexibility index (Phi) is 4.06. The van der Waals surface area contributed by atoms with Crippen LogP contribution in [0.1, 0.15) is 10.4 Å². The van der Waals surface area contributed by atoms with Gasteiger partial charge in [-0.3, -0.25) is 0 Å². The molecule has 1 aromatic rings. The lowest BCUT2D eigenvalue weighted by Crippen LogP contribution is -2.14. The fourth-order valence-corrected chi connectivity index (χ4v) is 1.52. The molecule has 0 fully saturated rings. The summed E-state index contributed by atoms with van der Waals surface area (Å²) in [6, 6.07) is 3.55. The molecule has 0 aliphatic carbocycles. The van der Waals surface area contributed by atoms with Crippen molar-refractivity contribution in [3.05, 3.63) is 29.6 Å². The summed E-state index contributed by atoms with van der Waals surface area (Å²) >= 11 is 0. The largest absolute Gasteiger partial charge is 0.492 e. The lowest BCUT2D eigenvalue weighted by molar-refractivity contribution is 0.0687. The lowest BCUT2D eigenvalue weighted by Gasteiger charge is -2.08. The lowest BCUT2D eigenvalue weighted by atomic mass is 10.2. The van der Waals surface area contributed by atoms with Gasteiger partial charge in [-0.25, -0.2) is 17.6 Å². The molecule has 0 aliphatic rings. The molecule has 0 aromatic heterocycles. The molecule has 7 heteroatoms. The molecular formula is C10H11FO5S. The highest BCUT2D eigenvalue weighted by Crippen LogP contribution is 2.21. The molecule has 0 heterocycles. The predicted octanol–water partition coefficient (Wildman–Crippen LogP) is 0.947. The molecule has 1 N–H and O–H groups in total. The van der Waals surface area contributed by atoms with E-state index < -0.39 is 27.2 Å². The molecule has 0 radical (unpaired) electrons. The van der Waals surface area contributed by atoms with Crippen molar-refractivity contribution in [2.45, 2.75) is 0 Å². The van der Waals surface area contributed by atoms with Crippen molar-refractivity contribution in [3.63, 3.8) is 0 Å². The van der Waals surface area contributed by atoms with Crippen LogP contribution in [0.2, 0.25) is 0 Å². The summed E-state index contributed by atoms with van der Waals surface area (Å²) in [5.74, 6) is -2.82. The number of benzene rings is 1. The summed E-state index contributed by atoms with van der Waals surface area (Å²) in [5, 5.41) is 8.77. The highest BCUT2D eigenvalue weighted by molar-refractivity contribution is 7.90. The van der Waals surface area contributed by atoms with Crippen LogP contribution in [0.3, 0.4) is 0 Å². The van der Waals surface area contributed by atoms with Crippen LogP contribution >= 0.6 is 0 Å². The van der Waals surface area contributed by atoms with Crippen molar-refractivity contribution in [1.82, 2.24) is 0 Å². The van der Waals surface area contributed by atoms with Gasteiger partial charge in [-0.1, -0.05) is 6.07 Å². The van der Waals surface area contributed by atoms with Gasteiger partial charge in [0.1, 0.15) is 23.7 Å². The van der Waals surface area contributed by atoms with Crippen molar-refractivity contribution in [3.8, 4) is 5.75 Å². The number of hydrogen-bond acceptors (Lipinski definition) is 4. The third-order valence-corrected chi connectivity index (χ3v) is 2.81. The van der Waals surface area contributed by atoms with E-state index in [1.54, 1.807) is 0 Å². The Morgan fingerprint density at radius 3 is 2.65 bits per heavy atom. The Morgan fingerprint density at radius 1 is 1.47 bits per heavy atom. The summed E-state index contributed by atoms with van der Waals surface area (Å²) in [7, 11) is -3.20. The van der Waals surface area contributed by atoms with Crippen LogP contribution in [-0.2, 0) is 9.84 Å². The van der Waals surface area contributed by atoms with Crippen LogP contribution < -0.4 is 4.74 Å². The van der Waals surface area contributed by atoms with Gasteiger partial charge in [0.25, 0.3) is 0 Å². The first-order valence-electron chi connectivity index (χ1n) is 4.63. The Morgan fingerprint density at radius 2 is 2.12 bits per heavy atom. The maximum atomic E-state index is 13.2. The number of carbonyl (C=O) groups is 1. The Labute approximate surface area is 97.8 Å². The second kappa shape index (κ2) is 5.13. The first-order chi connectivity index (χ1) is 7.81. The van der Waals surface area contributed by atoms with E-state index in [9.17, 15) is 17.6 Å². The van der Waals surface area contributed by atoms with E-state index in [2.05, 4.69) is 0 Å². The fourth-order valence-electron chi connectivity index (χ4n) is 1.14.